The average Bonchev–Trinajstić information content (AvgIpc) is 2.60. The maximum Gasteiger partial charge on any atom is 0.367 e. The summed E-state index contributed by atoms with van der Waals surface area (Å²) in [5.74, 6) is -1.09. The van der Waals surface area contributed by atoms with Gasteiger partial charge in [-0.25, -0.2) is 4.79 Å². The highest BCUT2D eigenvalue weighted by molar-refractivity contribution is 8.15. The van der Waals surface area contributed by atoms with E-state index in [-0.39, 0.29) is 17.4 Å². The fraction of sp³-hybridized carbons (Fsp3) is 0.176. The SMILES string of the molecule is CCOC(=O)/C(=N/OS(=O)(=O)Cc1ccccc1)Sc1ccccc1. The van der Waals surface area contributed by atoms with Gasteiger partial charge in [0.05, 0.1) is 6.61 Å². The first-order valence-electron chi connectivity index (χ1n) is 7.43. The van der Waals surface area contributed by atoms with Crippen molar-refractivity contribution in [1.82, 2.24) is 0 Å². The summed E-state index contributed by atoms with van der Waals surface area (Å²) in [6.45, 7) is 1.79. The van der Waals surface area contributed by atoms with Gasteiger partial charge in [0.25, 0.3) is 0 Å². The second kappa shape index (κ2) is 9.24. The molecule has 0 spiro atoms. The van der Waals surface area contributed by atoms with Crippen LogP contribution in [0.5, 0.6) is 0 Å². The third kappa shape index (κ3) is 6.60. The molecule has 0 heterocycles. The van der Waals surface area contributed by atoms with Crippen molar-refractivity contribution in [2.45, 2.75) is 17.6 Å². The Labute approximate surface area is 151 Å². The van der Waals surface area contributed by atoms with E-state index in [0.717, 1.165) is 11.8 Å². The van der Waals surface area contributed by atoms with Crippen LogP contribution >= 0.6 is 11.8 Å². The topological polar surface area (TPSA) is 82.0 Å². The number of thioether (sulfide) groups is 1. The van der Waals surface area contributed by atoms with Gasteiger partial charge in [0.15, 0.2) is 0 Å². The molecule has 0 N–H and O–H groups in total. The van der Waals surface area contributed by atoms with Gasteiger partial charge in [-0.15, -0.1) is 0 Å². The summed E-state index contributed by atoms with van der Waals surface area (Å²) in [5.41, 5.74) is 0.561. The van der Waals surface area contributed by atoms with Gasteiger partial charge < -0.3 is 4.74 Å². The van der Waals surface area contributed by atoms with Crippen LogP contribution in [0.1, 0.15) is 12.5 Å². The number of benzene rings is 2. The molecule has 0 bridgehead atoms. The largest absolute Gasteiger partial charge is 0.461 e. The molecule has 0 aliphatic carbocycles. The second-order valence-electron chi connectivity index (χ2n) is 4.79. The lowest BCUT2D eigenvalue weighted by Gasteiger charge is -2.06. The Bertz CT molecular complexity index is 821. The molecule has 2 aromatic carbocycles. The summed E-state index contributed by atoms with van der Waals surface area (Å²) in [6, 6.07) is 17.5. The van der Waals surface area contributed by atoms with Crippen LogP contribution in [0, 0.1) is 0 Å². The number of esters is 1. The highest BCUT2D eigenvalue weighted by Gasteiger charge is 2.19. The van der Waals surface area contributed by atoms with Crippen molar-refractivity contribution < 1.29 is 22.2 Å². The van der Waals surface area contributed by atoms with Gasteiger partial charge in [-0.3, -0.25) is 4.28 Å². The van der Waals surface area contributed by atoms with Gasteiger partial charge in [0, 0.05) is 4.90 Å². The third-order valence-electron chi connectivity index (χ3n) is 2.83. The summed E-state index contributed by atoms with van der Waals surface area (Å²) < 4.78 is 33.7. The lowest BCUT2D eigenvalue weighted by Crippen LogP contribution is -2.16. The molecule has 132 valence electrons. The molecule has 0 aromatic heterocycles. The van der Waals surface area contributed by atoms with E-state index in [9.17, 15) is 13.2 Å². The van der Waals surface area contributed by atoms with Gasteiger partial charge >= 0.3 is 16.1 Å². The quantitative estimate of drug-likeness (QED) is 0.252. The zero-order valence-electron chi connectivity index (χ0n) is 13.5. The molecule has 0 radical (unpaired) electrons. The molecule has 0 atom stereocenters. The minimum absolute atomic E-state index is 0.143. The summed E-state index contributed by atoms with van der Waals surface area (Å²) in [4.78, 5) is 12.7. The van der Waals surface area contributed by atoms with Crippen LogP contribution in [0.3, 0.4) is 0 Å². The first-order chi connectivity index (χ1) is 12.0. The lowest BCUT2D eigenvalue weighted by atomic mass is 10.2. The van der Waals surface area contributed by atoms with Gasteiger partial charge in [-0.2, -0.15) is 8.42 Å². The van der Waals surface area contributed by atoms with E-state index in [1.165, 1.54) is 0 Å². The number of ether oxygens (including phenoxy) is 1. The zero-order chi connectivity index (χ0) is 18.1. The van der Waals surface area contributed by atoms with Gasteiger partial charge in [0.2, 0.25) is 5.04 Å². The van der Waals surface area contributed by atoms with E-state index in [4.69, 9.17) is 4.74 Å². The smallest absolute Gasteiger partial charge is 0.367 e. The Morgan fingerprint density at radius 1 is 1.04 bits per heavy atom. The minimum atomic E-state index is -3.98. The maximum atomic E-state index is 12.0. The monoisotopic (exact) mass is 379 g/mol. The summed E-state index contributed by atoms with van der Waals surface area (Å²) in [5, 5.41) is 3.33. The molecule has 0 aliphatic rings. The van der Waals surface area contributed by atoms with E-state index in [1.807, 2.05) is 6.07 Å². The molecular formula is C17H17NO5S2. The lowest BCUT2D eigenvalue weighted by molar-refractivity contribution is -0.134. The molecule has 8 heteroatoms. The van der Waals surface area contributed by atoms with Crippen molar-refractivity contribution in [2.75, 3.05) is 6.61 Å². The molecule has 0 amide bonds. The second-order valence-corrected chi connectivity index (χ2v) is 7.41. The molecule has 0 aliphatic heterocycles. The first kappa shape index (κ1) is 19.0. The van der Waals surface area contributed by atoms with Crippen molar-refractivity contribution >= 4 is 32.9 Å². The number of nitrogens with zero attached hydrogens (tertiary/aromatic N) is 1. The Morgan fingerprint density at radius 2 is 1.64 bits per heavy atom. The van der Waals surface area contributed by atoms with Crippen LogP contribution in [-0.2, 0) is 29.7 Å². The predicted octanol–water partition coefficient (Wildman–Crippen LogP) is 3.20. The predicted molar refractivity (Wildman–Crippen MR) is 96.5 cm³/mol. The molecular weight excluding hydrogens is 362 g/mol. The van der Waals surface area contributed by atoms with Crippen LogP contribution in [-0.4, -0.2) is 26.0 Å². The molecule has 0 saturated carbocycles. The van der Waals surface area contributed by atoms with E-state index in [0.29, 0.717) is 10.5 Å². The normalized spacial score (nSPS) is 11.8. The molecule has 2 aromatic rings. The Morgan fingerprint density at radius 3 is 2.24 bits per heavy atom. The third-order valence-corrected chi connectivity index (χ3v) is 4.76. The zero-order valence-corrected chi connectivity index (χ0v) is 15.1. The average molecular weight is 379 g/mol. The van der Waals surface area contributed by atoms with E-state index in [1.54, 1.807) is 61.5 Å². The molecule has 25 heavy (non-hydrogen) atoms. The van der Waals surface area contributed by atoms with Crippen LogP contribution in [0.2, 0.25) is 0 Å². The van der Waals surface area contributed by atoms with Crippen molar-refractivity contribution in [3.8, 4) is 0 Å². The fourth-order valence-electron chi connectivity index (χ4n) is 1.79. The fourth-order valence-corrected chi connectivity index (χ4v) is 3.41. The van der Waals surface area contributed by atoms with E-state index < -0.39 is 16.1 Å². The van der Waals surface area contributed by atoms with E-state index in [2.05, 4.69) is 9.44 Å². The van der Waals surface area contributed by atoms with Crippen LogP contribution in [0.25, 0.3) is 0 Å². The standard InChI is InChI=1S/C17H17NO5S2/c1-2-22-17(19)16(24-15-11-7-4-8-12-15)18-23-25(20,21)13-14-9-5-3-6-10-14/h3-12H,2,13H2,1H3/b18-16-. The minimum Gasteiger partial charge on any atom is -0.461 e. The number of oxime groups is 1. The van der Waals surface area contributed by atoms with Crippen molar-refractivity contribution in [3.05, 3.63) is 66.2 Å². The summed E-state index contributed by atoms with van der Waals surface area (Å²) in [7, 11) is -3.98. The highest BCUT2D eigenvalue weighted by Crippen LogP contribution is 2.21. The van der Waals surface area contributed by atoms with Gasteiger partial charge in [0.1, 0.15) is 5.75 Å². The Hall–Kier alpha value is -2.32. The molecule has 6 nitrogen and oxygen atoms in total. The van der Waals surface area contributed by atoms with Gasteiger partial charge in [-0.1, -0.05) is 65.4 Å². The van der Waals surface area contributed by atoms with Crippen LogP contribution in [0.4, 0.5) is 0 Å². The highest BCUT2D eigenvalue weighted by atomic mass is 32.2. The molecule has 2 rings (SSSR count). The first-order valence-corrected chi connectivity index (χ1v) is 9.83. The molecule has 0 unspecified atom stereocenters. The van der Waals surface area contributed by atoms with Crippen LogP contribution in [0.15, 0.2) is 70.7 Å². The molecule has 0 fully saturated rings. The van der Waals surface area contributed by atoms with Gasteiger partial charge in [-0.05, 0) is 24.6 Å². The summed E-state index contributed by atoms with van der Waals surface area (Å²) in [6.07, 6.45) is 0. The number of hydrogen-bond donors (Lipinski definition) is 0. The van der Waals surface area contributed by atoms with E-state index >= 15 is 0 Å². The van der Waals surface area contributed by atoms with Crippen molar-refractivity contribution in [3.63, 3.8) is 0 Å². The number of carbonyl (C=O) groups is 1. The number of rotatable bonds is 6. The van der Waals surface area contributed by atoms with Crippen molar-refractivity contribution in [2.24, 2.45) is 5.16 Å². The Kier molecular flexibility index (Phi) is 7.03. The maximum absolute atomic E-state index is 12.0. The van der Waals surface area contributed by atoms with Crippen molar-refractivity contribution in [1.29, 1.82) is 0 Å². The summed E-state index contributed by atoms with van der Waals surface area (Å²) >= 11 is 0.970. The molecule has 0 saturated heterocycles. The number of hydrogen-bond acceptors (Lipinski definition) is 7. The van der Waals surface area contributed by atoms with Crippen LogP contribution < -0.4 is 0 Å². The Balaban J connectivity index is 2.14. The number of carbonyl (C=O) groups excluding carboxylic acids is 1.